The zero-order valence-electron chi connectivity index (χ0n) is 18.6. The second-order valence-electron chi connectivity index (χ2n) is 8.56. The molecular weight excluding hydrogens is 418 g/mol. The predicted octanol–water partition coefficient (Wildman–Crippen LogP) is 5.12. The Hall–Kier alpha value is -3.22. The molecule has 1 aliphatic heterocycles. The molecule has 0 amide bonds. The van der Waals surface area contributed by atoms with Gasteiger partial charge in [0.1, 0.15) is 11.6 Å². The smallest absolute Gasteiger partial charge is 0.123 e. The van der Waals surface area contributed by atoms with Crippen LogP contribution in [0.15, 0.2) is 72.8 Å². The van der Waals surface area contributed by atoms with Crippen molar-refractivity contribution >= 4 is 11.0 Å². The molecule has 4 nitrogen and oxygen atoms in total. The van der Waals surface area contributed by atoms with Crippen LogP contribution in [0.2, 0.25) is 0 Å². The molecule has 1 aromatic heterocycles. The Morgan fingerprint density at radius 3 is 1.79 bits per heavy atom. The van der Waals surface area contributed by atoms with E-state index in [0.717, 1.165) is 66.3 Å². The number of nitrogens with zero attached hydrogens (tertiary/aromatic N) is 4. The van der Waals surface area contributed by atoms with Gasteiger partial charge in [0.2, 0.25) is 0 Å². The van der Waals surface area contributed by atoms with Gasteiger partial charge in [-0.15, -0.1) is 0 Å². The summed E-state index contributed by atoms with van der Waals surface area (Å²) in [6.45, 7) is 6.23. The lowest BCUT2D eigenvalue weighted by Crippen LogP contribution is -2.47. The molecule has 1 fully saturated rings. The summed E-state index contributed by atoms with van der Waals surface area (Å²) in [4.78, 5) is 14.3. The molecule has 6 heteroatoms. The number of hydrogen-bond acceptors (Lipinski definition) is 4. The molecule has 3 aromatic carbocycles. The summed E-state index contributed by atoms with van der Waals surface area (Å²) in [5, 5.41) is 0. The molecular formula is C27H26F2N4. The topological polar surface area (TPSA) is 32.3 Å². The third-order valence-electron chi connectivity index (χ3n) is 6.36. The van der Waals surface area contributed by atoms with E-state index in [9.17, 15) is 8.78 Å². The van der Waals surface area contributed by atoms with Gasteiger partial charge in [0.15, 0.2) is 0 Å². The number of fused-ring (bicyclic) bond motifs is 1. The Bertz CT molecular complexity index is 1190. The van der Waals surface area contributed by atoms with Gasteiger partial charge in [-0.05, 0) is 54.4 Å². The van der Waals surface area contributed by atoms with Crippen molar-refractivity contribution in [2.24, 2.45) is 0 Å². The molecule has 0 radical (unpaired) electrons. The van der Waals surface area contributed by atoms with Crippen molar-refractivity contribution in [1.82, 2.24) is 19.8 Å². The molecule has 0 unspecified atom stereocenters. The van der Waals surface area contributed by atoms with Crippen LogP contribution in [-0.2, 0) is 6.54 Å². The fourth-order valence-corrected chi connectivity index (χ4v) is 4.57. The van der Waals surface area contributed by atoms with Crippen LogP contribution < -0.4 is 0 Å². The molecule has 33 heavy (non-hydrogen) atoms. The van der Waals surface area contributed by atoms with Gasteiger partial charge in [0.25, 0.3) is 0 Å². The van der Waals surface area contributed by atoms with Gasteiger partial charge >= 0.3 is 0 Å². The van der Waals surface area contributed by atoms with Gasteiger partial charge in [0.05, 0.1) is 28.5 Å². The molecule has 0 spiro atoms. The van der Waals surface area contributed by atoms with Gasteiger partial charge in [-0.2, -0.15) is 0 Å². The Labute approximate surface area is 192 Å². The molecule has 1 saturated heterocycles. The lowest BCUT2D eigenvalue weighted by Gasteiger charge is -2.39. The van der Waals surface area contributed by atoms with Crippen molar-refractivity contribution in [2.45, 2.75) is 19.5 Å². The van der Waals surface area contributed by atoms with Crippen molar-refractivity contribution in [3.8, 4) is 0 Å². The molecule has 168 valence electrons. The second kappa shape index (κ2) is 9.33. The summed E-state index contributed by atoms with van der Waals surface area (Å²) >= 11 is 0. The predicted molar refractivity (Wildman–Crippen MR) is 126 cm³/mol. The normalized spacial score (nSPS) is 15.4. The summed E-state index contributed by atoms with van der Waals surface area (Å²) in [5.41, 5.74) is 5.83. The van der Waals surface area contributed by atoms with Crippen molar-refractivity contribution in [3.63, 3.8) is 0 Å². The van der Waals surface area contributed by atoms with E-state index in [1.54, 1.807) is 0 Å². The number of halogens is 2. The van der Waals surface area contributed by atoms with Gasteiger partial charge < -0.3 is 0 Å². The Morgan fingerprint density at radius 2 is 1.24 bits per heavy atom. The molecule has 0 aliphatic carbocycles. The quantitative estimate of drug-likeness (QED) is 0.428. The lowest BCUT2D eigenvalue weighted by atomic mass is 9.96. The Balaban J connectivity index is 1.33. The largest absolute Gasteiger partial charge is 0.295 e. The van der Waals surface area contributed by atoms with E-state index >= 15 is 0 Å². The molecule has 4 aromatic rings. The Morgan fingerprint density at radius 1 is 0.727 bits per heavy atom. The first kappa shape index (κ1) is 21.6. The summed E-state index contributed by atoms with van der Waals surface area (Å²) in [5.74, 6) is -0.512. The number of aromatic nitrogens is 2. The maximum absolute atomic E-state index is 13.6. The van der Waals surface area contributed by atoms with Gasteiger partial charge in [-0.1, -0.05) is 36.4 Å². The summed E-state index contributed by atoms with van der Waals surface area (Å²) in [7, 11) is 0. The van der Waals surface area contributed by atoms with Crippen LogP contribution in [-0.4, -0.2) is 45.9 Å². The zero-order chi connectivity index (χ0) is 22.8. The third kappa shape index (κ3) is 4.77. The van der Waals surface area contributed by atoms with Crippen molar-refractivity contribution < 1.29 is 8.78 Å². The lowest BCUT2D eigenvalue weighted by molar-refractivity contribution is 0.104. The summed E-state index contributed by atoms with van der Waals surface area (Å²) < 4.78 is 27.1. The van der Waals surface area contributed by atoms with Crippen molar-refractivity contribution in [2.75, 3.05) is 26.2 Å². The van der Waals surface area contributed by atoms with Crippen LogP contribution in [0.4, 0.5) is 8.78 Å². The van der Waals surface area contributed by atoms with Crippen LogP contribution >= 0.6 is 0 Å². The number of rotatable bonds is 5. The van der Waals surface area contributed by atoms with Crippen LogP contribution in [0.1, 0.15) is 28.6 Å². The minimum atomic E-state index is -0.256. The first-order valence-electron chi connectivity index (χ1n) is 11.3. The fraction of sp³-hybridized carbons (Fsp3) is 0.259. The average molecular weight is 445 g/mol. The number of hydrogen-bond donors (Lipinski definition) is 0. The minimum absolute atomic E-state index is 0.0458. The van der Waals surface area contributed by atoms with E-state index in [-0.39, 0.29) is 17.7 Å². The van der Waals surface area contributed by atoms with Crippen LogP contribution in [0.5, 0.6) is 0 Å². The molecule has 0 N–H and O–H groups in total. The highest BCUT2D eigenvalue weighted by Crippen LogP contribution is 2.30. The standard InChI is InChI=1S/C27H26F2N4/c1-19-26(31-25-5-3-2-4-24(25)30-19)18-32-14-16-33(17-15-32)27(20-6-10-22(28)11-7-20)21-8-12-23(29)13-9-21/h2-13,27H,14-18H2,1H3. The highest BCUT2D eigenvalue weighted by molar-refractivity contribution is 5.74. The molecule has 0 atom stereocenters. The molecule has 5 rings (SSSR count). The molecule has 2 heterocycles. The van der Waals surface area contributed by atoms with E-state index in [1.807, 2.05) is 55.5 Å². The number of para-hydroxylation sites is 2. The first-order chi connectivity index (χ1) is 16.1. The number of benzene rings is 3. The van der Waals surface area contributed by atoms with E-state index in [4.69, 9.17) is 9.97 Å². The van der Waals surface area contributed by atoms with Gasteiger partial charge in [-0.3, -0.25) is 9.80 Å². The van der Waals surface area contributed by atoms with E-state index < -0.39 is 0 Å². The third-order valence-corrected chi connectivity index (χ3v) is 6.36. The molecule has 0 bridgehead atoms. The van der Waals surface area contributed by atoms with E-state index in [1.165, 1.54) is 24.3 Å². The van der Waals surface area contributed by atoms with Crippen LogP contribution in [0.25, 0.3) is 11.0 Å². The molecule has 1 aliphatic rings. The van der Waals surface area contributed by atoms with Crippen LogP contribution in [0.3, 0.4) is 0 Å². The van der Waals surface area contributed by atoms with Crippen molar-refractivity contribution in [3.05, 3.63) is 107 Å². The first-order valence-corrected chi connectivity index (χ1v) is 11.3. The second-order valence-corrected chi connectivity index (χ2v) is 8.56. The van der Waals surface area contributed by atoms with Crippen molar-refractivity contribution in [1.29, 1.82) is 0 Å². The molecule has 0 saturated carbocycles. The van der Waals surface area contributed by atoms with Crippen LogP contribution in [0, 0.1) is 18.6 Å². The Kier molecular flexibility index (Phi) is 6.11. The number of piperazine rings is 1. The summed E-state index contributed by atoms with van der Waals surface area (Å²) in [6, 6.07) is 21.2. The number of aryl methyl sites for hydroxylation is 1. The zero-order valence-corrected chi connectivity index (χ0v) is 18.6. The minimum Gasteiger partial charge on any atom is -0.295 e. The maximum atomic E-state index is 13.6. The SMILES string of the molecule is Cc1nc2ccccc2nc1CN1CCN(C(c2ccc(F)cc2)c2ccc(F)cc2)CC1. The summed E-state index contributed by atoms with van der Waals surface area (Å²) in [6.07, 6.45) is 0. The average Bonchev–Trinajstić information content (AvgIpc) is 2.83. The highest BCUT2D eigenvalue weighted by Gasteiger charge is 2.27. The van der Waals surface area contributed by atoms with Gasteiger partial charge in [-0.25, -0.2) is 18.7 Å². The fourth-order valence-electron chi connectivity index (χ4n) is 4.57. The van der Waals surface area contributed by atoms with E-state index in [0.29, 0.717) is 0 Å². The monoisotopic (exact) mass is 444 g/mol. The van der Waals surface area contributed by atoms with E-state index in [2.05, 4.69) is 9.80 Å². The highest BCUT2D eigenvalue weighted by atomic mass is 19.1. The maximum Gasteiger partial charge on any atom is 0.123 e. The van der Waals surface area contributed by atoms with Gasteiger partial charge in [0, 0.05) is 32.7 Å².